The second kappa shape index (κ2) is 4.99. The molecule has 0 saturated heterocycles. The van der Waals surface area contributed by atoms with E-state index in [1.165, 1.54) is 35.0 Å². The van der Waals surface area contributed by atoms with Crippen LogP contribution in [0.2, 0.25) is 0 Å². The maximum Gasteiger partial charge on any atom is 0.0723 e. The van der Waals surface area contributed by atoms with Crippen molar-refractivity contribution in [2.75, 3.05) is 0 Å². The molecular formula is C13H18BrClS. The molecule has 0 N–H and O–H groups in total. The minimum atomic E-state index is 0.171. The molecule has 2 unspecified atom stereocenters. The van der Waals surface area contributed by atoms with E-state index in [4.69, 9.17) is 11.6 Å². The average Bonchev–Trinajstić information content (AvgIpc) is 2.63. The molecule has 1 aromatic rings. The minimum absolute atomic E-state index is 0.171. The van der Waals surface area contributed by atoms with Crippen LogP contribution in [0.15, 0.2) is 15.9 Å². The van der Waals surface area contributed by atoms with E-state index in [-0.39, 0.29) is 5.38 Å². The Morgan fingerprint density at radius 1 is 1.50 bits per heavy atom. The van der Waals surface area contributed by atoms with Gasteiger partial charge in [-0.2, -0.15) is 0 Å². The Labute approximate surface area is 116 Å². The molecule has 0 aliphatic heterocycles. The van der Waals surface area contributed by atoms with Gasteiger partial charge < -0.3 is 0 Å². The van der Waals surface area contributed by atoms with Gasteiger partial charge in [0.05, 0.1) is 5.38 Å². The Bertz CT molecular complexity index is 359. The number of hydrogen-bond donors (Lipinski definition) is 0. The van der Waals surface area contributed by atoms with Crippen LogP contribution in [0.25, 0.3) is 0 Å². The summed E-state index contributed by atoms with van der Waals surface area (Å²) >= 11 is 12.1. The van der Waals surface area contributed by atoms with Crippen LogP contribution >= 0.6 is 38.9 Å². The third-order valence-electron chi connectivity index (χ3n) is 3.84. The summed E-state index contributed by atoms with van der Waals surface area (Å²) in [6, 6.07) is 2.10. The van der Waals surface area contributed by atoms with Crippen LogP contribution in [0.4, 0.5) is 0 Å². The first-order chi connectivity index (χ1) is 7.52. The maximum atomic E-state index is 6.70. The van der Waals surface area contributed by atoms with Crippen molar-refractivity contribution in [3.63, 3.8) is 0 Å². The number of thiophene rings is 1. The third kappa shape index (κ3) is 2.49. The molecule has 1 saturated carbocycles. The van der Waals surface area contributed by atoms with E-state index in [9.17, 15) is 0 Å². The highest BCUT2D eigenvalue weighted by Crippen LogP contribution is 2.51. The molecule has 16 heavy (non-hydrogen) atoms. The molecule has 0 nitrogen and oxygen atoms in total. The van der Waals surface area contributed by atoms with Gasteiger partial charge in [0.2, 0.25) is 0 Å². The van der Waals surface area contributed by atoms with E-state index in [1.807, 2.05) is 0 Å². The average molecular weight is 322 g/mol. The van der Waals surface area contributed by atoms with Crippen molar-refractivity contribution in [2.24, 2.45) is 11.3 Å². The van der Waals surface area contributed by atoms with Crippen LogP contribution in [0.3, 0.4) is 0 Å². The normalized spacial score (nSPS) is 26.6. The van der Waals surface area contributed by atoms with Crippen molar-refractivity contribution in [3.05, 3.63) is 20.8 Å². The number of halogens is 2. The van der Waals surface area contributed by atoms with E-state index in [0.29, 0.717) is 11.3 Å². The first kappa shape index (κ1) is 12.9. The van der Waals surface area contributed by atoms with Crippen molar-refractivity contribution >= 4 is 38.9 Å². The van der Waals surface area contributed by atoms with Gasteiger partial charge in [-0.05, 0) is 51.6 Å². The van der Waals surface area contributed by atoms with Gasteiger partial charge in [-0.3, -0.25) is 0 Å². The van der Waals surface area contributed by atoms with E-state index in [0.717, 1.165) is 0 Å². The van der Waals surface area contributed by atoms with Crippen molar-refractivity contribution < 1.29 is 0 Å². The molecule has 0 bridgehead atoms. The van der Waals surface area contributed by atoms with Gasteiger partial charge in [0, 0.05) is 9.35 Å². The predicted octanol–water partition coefficient (Wildman–Crippen LogP) is 6.01. The molecule has 2 atom stereocenters. The molecule has 90 valence electrons. The molecule has 1 aliphatic carbocycles. The Morgan fingerprint density at radius 3 is 2.81 bits per heavy atom. The van der Waals surface area contributed by atoms with Gasteiger partial charge >= 0.3 is 0 Å². The first-order valence-corrected chi connectivity index (χ1v) is 8.00. The number of rotatable bonds is 2. The van der Waals surface area contributed by atoms with Gasteiger partial charge in [-0.1, -0.05) is 26.7 Å². The fourth-order valence-corrected chi connectivity index (χ4v) is 5.28. The highest BCUT2D eigenvalue weighted by molar-refractivity contribution is 9.10. The summed E-state index contributed by atoms with van der Waals surface area (Å²) < 4.78 is 1.18. The molecule has 2 rings (SSSR count). The molecular weight excluding hydrogens is 304 g/mol. The van der Waals surface area contributed by atoms with Gasteiger partial charge in [0.15, 0.2) is 0 Å². The molecule has 0 spiro atoms. The van der Waals surface area contributed by atoms with Crippen molar-refractivity contribution in [3.8, 4) is 0 Å². The zero-order valence-electron chi connectivity index (χ0n) is 9.80. The predicted molar refractivity (Wildman–Crippen MR) is 76.4 cm³/mol. The summed E-state index contributed by atoms with van der Waals surface area (Å²) in [5.74, 6) is 0.609. The number of alkyl halides is 1. The molecule has 1 fully saturated rings. The summed E-state index contributed by atoms with van der Waals surface area (Å²) in [5.41, 5.74) is 0.383. The van der Waals surface area contributed by atoms with E-state index in [2.05, 4.69) is 41.2 Å². The third-order valence-corrected chi connectivity index (χ3v) is 6.44. The molecule has 1 heterocycles. The highest BCUT2D eigenvalue weighted by Gasteiger charge is 2.38. The van der Waals surface area contributed by atoms with Crippen LogP contribution < -0.4 is 0 Å². The van der Waals surface area contributed by atoms with Crippen molar-refractivity contribution in [1.82, 2.24) is 0 Å². The zero-order chi connectivity index (χ0) is 11.8. The van der Waals surface area contributed by atoms with Gasteiger partial charge in [-0.15, -0.1) is 22.9 Å². The molecule has 1 aliphatic rings. The summed E-state index contributed by atoms with van der Waals surface area (Å²) in [7, 11) is 0. The lowest BCUT2D eigenvalue weighted by molar-refractivity contribution is 0.134. The molecule has 0 aromatic carbocycles. The second-order valence-corrected chi connectivity index (χ2v) is 7.65. The maximum absolute atomic E-state index is 6.70. The lowest BCUT2D eigenvalue weighted by Crippen LogP contribution is -2.30. The summed E-state index contributed by atoms with van der Waals surface area (Å²) in [6.07, 6.45) is 5.27. The van der Waals surface area contributed by atoms with E-state index < -0.39 is 0 Å². The van der Waals surface area contributed by atoms with Crippen LogP contribution in [-0.4, -0.2) is 0 Å². The summed E-state index contributed by atoms with van der Waals surface area (Å²) in [4.78, 5) is 1.31. The first-order valence-electron chi connectivity index (χ1n) is 5.89. The highest BCUT2D eigenvalue weighted by atomic mass is 79.9. The van der Waals surface area contributed by atoms with E-state index >= 15 is 0 Å². The minimum Gasteiger partial charge on any atom is -0.146 e. The molecule has 3 heteroatoms. The second-order valence-electron chi connectivity index (χ2n) is 5.38. The monoisotopic (exact) mass is 320 g/mol. The standard InChI is InChI=1S/C13H18BrClS/c1-13(2)7-4-3-5-9(13)11(15)12-10(14)6-8-16-12/h6,8-9,11H,3-5,7H2,1-2H3. The quantitative estimate of drug-likeness (QED) is 0.585. The fourth-order valence-electron chi connectivity index (χ4n) is 2.75. The Kier molecular flexibility index (Phi) is 4.03. The lowest BCUT2D eigenvalue weighted by atomic mass is 9.67. The van der Waals surface area contributed by atoms with Crippen LogP contribution in [0.5, 0.6) is 0 Å². The summed E-state index contributed by atoms with van der Waals surface area (Å²) in [5, 5.41) is 2.29. The Hall–Kier alpha value is 0.470. The van der Waals surface area contributed by atoms with Crippen molar-refractivity contribution in [2.45, 2.75) is 44.9 Å². The van der Waals surface area contributed by atoms with Crippen LogP contribution in [0, 0.1) is 11.3 Å². The Morgan fingerprint density at radius 2 is 2.25 bits per heavy atom. The van der Waals surface area contributed by atoms with Gasteiger partial charge in [0.1, 0.15) is 0 Å². The SMILES string of the molecule is CC1(C)CCCCC1C(Cl)c1sccc1Br. The molecule has 1 aromatic heterocycles. The zero-order valence-corrected chi connectivity index (χ0v) is 13.0. The fraction of sp³-hybridized carbons (Fsp3) is 0.692. The smallest absolute Gasteiger partial charge is 0.0723 e. The largest absolute Gasteiger partial charge is 0.146 e. The topological polar surface area (TPSA) is 0 Å². The van der Waals surface area contributed by atoms with Gasteiger partial charge in [-0.25, -0.2) is 0 Å². The molecule has 0 amide bonds. The number of hydrogen-bond acceptors (Lipinski definition) is 1. The summed E-state index contributed by atoms with van der Waals surface area (Å²) in [6.45, 7) is 4.74. The van der Waals surface area contributed by atoms with E-state index in [1.54, 1.807) is 11.3 Å². The Balaban J connectivity index is 2.20. The van der Waals surface area contributed by atoms with Crippen molar-refractivity contribution in [1.29, 1.82) is 0 Å². The van der Waals surface area contributed by atoms with Gasteiger partial charge in [0.25, 0.3) is 0 Å². The van der Waals surface area contributed by atoms with Crippen LogP contribution in [-0.2, 0) is 0 Å². The lowest BCUT2D eigenvalue weighted by Gasteiger charge is -2.41. The molecule has 0 radical (unpaired) electrons. The van der Waals surface area contributed by atoms with Crippen LogP contribution in [0.1, 0.15) is 49.8 Å².